The van der Waals surface area contributed by atoms with Crippen LogP contribution in [-0.2, 0) is 6.42 Å². The van der Waals surface area contributed by atoms with E-state index in [-0.39, 0.29) is 5.69 Å². The summed E-state index contributed by atoms with van der Waals surface area (Å²) in [6, 6.07) is 3.57. The van der Waals surface area contributed by atoms with Gasteiger partial charge in [0, 0.05) is 17.1 Å². The monoisotopic (exact) mass is 283 g/mol. The minimum Gasteiger partial charge on any atom is -0.476 e. The van der Waals surface area contributed by atoms with Gasteiger partial charge in [0.05, 0.1) is 5.52 Å². The fourth-order valence-corrected chi connectivity index (χ4v) is 1.92. The molecule has 0 saturated carbocycles. The molecule has 0 aliphatic heterocycles. The number of rotatable bonds is 3. The Labute approximate surface area is 100 Å². The Balaban J connectivity index is 2.71. The number of nitrogens with zero attached hydrogens (tertiary/aromatic N) is 2. The molecule has 0 unspecified atom stereocenters. The van der Waals surface area contributed by atoms with Crippen molar-refractivity contribution in [1.29, 1.82) is 0 Å². The van der Waals surface area contributed by atoms with Gasteiger partial charge in [0.2, 0.25) is 0 Å². The fourth-order valence-electron chi connectivity index (χ4n) is 1.58. The number of hydrogen-bond acceptors (Lipinski definition) is 3. The summed E-state index contributed by atoms with van der Waals surface area (Å²) in [5.41, 5.74) is 6.09. The van der Waals surface area contributed by atoms with Crippen molar-refractivity contribution < 1.29 is 9.90 Å². The molecule has 5 nitrogen and oxygen atoms in total. The summed E-state index contributed by atoms with van der Waals surface area (Å²) in [5.74, 6) is -0.360. The number of carboxylic acids is 1. The topological polar surface area (TPSA) is 80.6 Å². The third-order valence-electron chi connectivity index (χ3n) is 2.25. The van der Waals surface area contributed by atoms with Crippen molar-refractivity contribution in [1.82, 2.24) is 9.38 Å². The van der Waals surface area contributed by atoms with E-state index in [0.29, 0.717) is 24.3 Å². The summed E-state index contributed by atoms with van der Waals surface area (Å²) >= 11 is 3.31. The molecule has 2 rings (SSSR count). The number of halogens is 1. The molecule has 0 radical (unpaired) electrons. The van der Waals surface area contributed by atoms with Crippen molar-refractivity contribution in [3.8, 4) is 0 Å². The van der Waals surface area contributed by atoms with Gasteiger partial charge in [0.25, 0.3) is 0 Å². The van der Waals surface area contributed by atoms with Crippen LogP contribution in [0.25, 0.3) is 5.52 Å². The molecule has 16 heavy (non-hydrogen) atoms. The molecule has 2 aromatic rings. The van der Waals surface area contributed by atoms with Crippen LogP contribution >= 0.6 is 15.9 Å². The van der Waals surface area contributed by atoms with Crippen LogP contribution in [-0.4, -0.2) is 27.0 Å². The van der Waals surface area contributed by atoms with Crippen molar-refractivity contribution in [3.63, 3.8) is 0 Å². The maximum atomic E-state index is 11.0. The van der Waals surface area contributed by atoms with Gasteiger partial charge < -0.3 is 15.2 Å². The summed E-state index contributed by atoms with van der Waals surface area (Å²) in [7, 11) is 0. The van der Waals surface area contributed by atoms with Crippen LogP contribution in [0.2, 0.25) is 0 Å². The van der Waals surface area contributed by atoms with Crippen molar-refractivity contribution in [2.45, 2.75) is 6.42 Å². The van der Waals surface area contributed by atoms with Crippen LogP contribution in [0.15, 0.2) is 22.8 Å². The van der Waals surface area contributed by atoms with E-state index in [2.05, 4.69) is 20.9 Å². The van der Waals surface area contributed by atoms with E-state index < -0.39 is 5.97 Å². The second-order valence-corrected chi connectivity index (χ2v) is 4.24. The summed E-state index contributed by atoms with van der Waals surface area (Å²) in [5, 5.41) is 9.03. The highest BCUT2D eigenvalue weighted by molar-refractivity contribution is 9.10. The Morgan fingerprint density at radius 3 is 3.00 bits per heavy atom. The molecule has 84 valence electrons. The van der Waals surface area contributed by atoms with Gasteiger partial charge in [-0.05, 0) is 18.7 Å². The lowest BCUT2D eigenvalue weighted by Crippen LogP contribution is -2.06. The average molecular weight is 284 g/mol. The van der Waals surface area contributed by atoms with Gasteiger partial charge in [-0.15, -0.1) is 0 Å². The Morgan fingerprint density at radius 1 is 1.62 bits per heavy atom. The molecule has 0 aliphatic carbocycles. The Bertz CT molecular complexity index is 550. The van der Waals surface area contributed by atoms with Crippen LogP contribution in [0.1, 0.15) is 16.3 Å². The Hall–Kier alpha value is -1.40. The second kappa shape index (κ2) is 4.23. The van der Waals surface area contributed by atoms with Crippen LogP contribution in [0, 0.1) is 0 Å². The number of carboxylic acid groups (broad SMARTS) is 1. The van der Waals surface area contributed by atoms with E-state index in [0.717, 1.165) is 4.47 Å². The minimum absolute atomic E-state index is 0.0600. The van der Waals surface area contributed by atoms with E-state index in [9.17, 15) is 4.79 Å². The molecule has 2 heterocycles. The fraction of sp³-hybridized carbons (Fsp3) is 0.200. The number of imidazole rings is 1. The van der Waals surface area contributed by atoms with E-state index in [1.807, 2.05) is 6.07 Å². The molecular weight excluding hydrogens is 274 g/mol. The molecule has 0 spiro atoms. The SMILES string of the molecule is NCCc1nc(C(=O)O)c2cc(Br)ccn12. The first kappa shape index (κ1) is 11.1. The maximum absolute atomic E-state index is 11.0. The highest BCUT2D eigenvalue weighted by Gasteiger charge is 2.16. The predicted molar refractivity (Wildman–Crippen MR) is 62.6 cm³/mol. The number of fused-ring (bicyclic) bond motifs is 1. The van der Waals surface area contributed by atoms with Crippen molar-refractivity contribution in [3.05, 3.63) is 34.3 Å². The van der Waals surface area contributed by atoms with E-state index in [4.69, 9.17) is 10.8 Å². The smallest absolute Gasteiger partial charge is 0.356 e. The third-order valence-corrected chi connectivity index (χ3v) is 2.74. The van der Waals surface area contributed by atoms with Crippen LogP contribution in [0.5, 0.6) is 0 Å². The van der Waals surface area contributed by atoms with Gasteiger partial charge in [0.15, 0.2) is 5.69 Å². The van der Waals surface area contributed by atoms with Gasteiger partial charge in [-0.1, -0.05) is 15.9 Å². The largest absolute Gasteiger partial charge is 0.476 e. The standard InChI is InChI=1S/C10H10BrN3O2/c11-6-2-4-14-7(5-6)9(10(15)16)13-8(14)1-3-12/h2,4-5H,1,3,12H2,(H,15,16). The Morgan fingerprint density at radius 2 is 2.38 bits per heavy atom. The normalized spacial score (nSPS) is 10.9. The molecule has 0 fully saturated rings. The first-order valence-electron chi connectivity index (χ1n) is 4.73. The average Bonchev–Trinajstić information content (AvgIpc) is 2.57. The van der Waals surface area contributed by atoms with Gasteiger partial charge >= 0.3 is 5.97 Å². The number of carbonyl (C=O) groups is 1. The molecular formula is C10H10BrN3O2. The zero-order valence-corrected chi connectivity index (χ0v) is 9.94. The summed E-state index contributed by atoms with van der Waals surface area (Å²) in [6.45, 7) is 0.439. The summed E-state index contributed by atoms with van der Waals surface area (Å²) < 4.78 is 2.57. The highest BCUT2D eigenvalue weighted by Crippen LogP contribution is 2.18. The molecule has 0 aromatic carbocycles. The lowest BCUT2D eigenvalue weighted by Gasteiger charge is -1.99. The second-order valence-electron chi connectivity index (χ2n) is 3.32. The highest BCUT2D eigenvalue weighted by atomic mass is 79.9. The van der Waals surface area contributed by atoms with Crippen LogP contribution in [0.3, 0.4) is 0 Å². The van der Waals surface area contributed by atoms with Gasteiger partial charge in [-0.3, -0.25) is 0 Å². The number of nitrogens with two attached hydrogens (primary N) is 1. The summed E-state index contributed by atoms with van der Waals surface area (Å²) in [4.78, 5) is 15.1. The van der Waals surface area contributed by atoms with E-state index in [1.165, 1.54) is 0 Å². The quantitative estimate of drug-likeness (QED) is 0.890. The molecule has 3 N–H and O–H groups in total. The van der Waals surface area contributed by atoms with E-state index in [1.54, 1.807) is 16.7 Å². The van der Waals surface area contributed by atoms with Crippen molar-refractivity contribution in [2.24, 2.45) is 5.73 Å². The molecule has 0 saturated heterocycles. The van der Waals surface area contributed by atoms with Crippen LogP contribution < -0.4 is 5.73 Å². The molecule has 0 amide bonds. The zero-order valence-electron chi connectivity index (χ0n) is 8.35. The van der Waals surface area contributed by atoms with E-state index >= 15 is 0 Å². The predicted octanol–water partition coefficient (Wildman–Crippen LogP) is 1.30. The minimum atomic E-state index is -1.03. The molecule has 2 aromatic heterocycles. The first-order valence-corrected chi connectivity index (χ1v) is 5.52. The van der Waals surface area contributed by atoms with Crippen LogP contribution in [0.4, 0.5) is 0 Å². The third kappa shape index (κ3) is 1.81. The number of aromatic carboxylic acids is 1. The zero-order chi connectivity index (χ0) is 11.7. The first-order chi connectivity index (χ1) is 7.63. The maximum Gasteiger partial charge on any atom is 0.356 e. The number of aromatic nitrogens is 2. The molecule has 0 aliphatic rings. The lowest BCUT2D eigenvalue weighted by atomic mass is 10.3. The molecule has 0 bridgehead atoms. The summed E-state index contributed by atoms with van der Waals surface area (Å²) in [6.07, 6.45) is 2.33. The lowest BCUT2D eigenvalue weighted by molar-refractivity contribution is 0.0693. The molecule has 0 atom stereocenters. The number of pyridine rings is 1. The van der Waals surface area contributed by atoms with Gasteiger partial charge in [0.1, 0.15) is 5.82 Å². The van der Waals surface area contributed by atoms with Gasteiger partial charge in [-0.2, -0.15) is 0 Å². The number of hydrogen-bond donors (Lipinski definition) is 2. The molecule has 6 heteroatoms. The van der Waals surface area contributed by atoms with Gasteiger partial charge in [-0.25, -0.2) is 9.78 Å². The van der Waals surface area contributed by atoms with Crippen molar-refractivity contribution >= 4 is 27.4 Å². The van der Waals surface area contributed by atoms with Crippen molar-refractivity contribution in [2.75, 3.05) is 6.54 Å². The Kier molecular flexibility index (Phi) is 2.93.